The molecule has 4 nitrogen and oxygen atoms in total. The molecular weight excluding hydrogens is 344 g/mol. The van der Waals surface area contributed by atoms with Crippen molar-refractivity contribution in [2.24, 2.45) is 0 Å². The van der Waals surface area contributed by atoms with Crippen molar-refractivity contribution in [3.8, 4) is 17.2 Å². The van der Waals surface area contributed by atoms with Gasteiger partial charge in [-0.2, -0.15) is 0 Å². The molecule has 1 rings (SSSR count). The molecule has 26 heavy (non-hydrogen) atoms. The fourth-order valence-corrected chi connectivity index (χ4v) is 5.12. The van der Waals surface area contributed by atoms with Gasteiger partial charge in [0.25, 0.3) is 0 Å². The van der Waals surface area contributed by atoms with Crippen molar-refractivity contribution in [3.63, 3.8) is 0 Å². The number of carbonyl (C=O) groups excluding carboxylic acids is 1. The van der Waals surface area contributed by atoms with E-state index in [0.29, 0.717) is 5.75 Å². The van der Waals surface area contributed by atoms with Gasteiger partial charge >= 0.3 is 5.97 Å². The van der Waals surface area contributed by atoms with Gasteiger partial charge in [0.15, 0.2) is 0 Å². The number of hydrogen-bond acceptors (Lipinski definition) is 4. The van der Waals surface area contributed by atoms with E-state index in [2.05, 4.69) is 32.2 Å². The maximum atomic E-state index is 11.8. The minimum absolute atomic E-state index is 0.00852. The fourth-order valence-electron chi connectivity index (χ4n) is 2.68. The molecule has 0 N–H and O–H groups in total. The molecular formula is C21H30O4Si. The van der Waals surface area contributed by atoms with E-state index < -0.39 is 14.0 Å². The monoisotopic (exact) mass is 374 g/mol. The van der Waals surface area contributed by atoms with Crippen LogP contribution in [0.2, 0.25) is 18.1 Å². The second-order valence-corrected chi connectivity index (χ2v) is 11.0. The molecule has 0 aliphatic rings. The lowest BCUT2D eigenvalue weighted by atomic mass is 10.1. The molecule has 5 heteroatoms. The van der Waals surface area contributed by atoms with Crippen LogP contribution < -0.4 is 4.74 Å². The van der Waals surface area contributed by atoms with Crippen LogP contribution in [-0.4, -0.2) is 28.3 Å². The van der Waals surface area contributed by atoms with Gasteiger partial charge in [-0.3, -0.25) is 0 Å². The zero-order valence-electron chi connectivity index (χ0n) is 16.8. The minimum atomic E-state index is -1.52. The first-order valence-electron chi connectivity index (χ1n) is 9.14. The molecule has 0 spiro atoms. The number of rotatable bonds is 8. The Bertz CT molecular complexity index is 685. The summed E-state index contributed by atoms with van der Waals surface area (Å²) < 4.78 is 15.5. The van der Waals surface area contributed by atoms with Crippen LogP contribution in [0, 0.1) is 11.5 Å². The largest absolute Gasteiger partial charge is 0.500 e. The molecule has 142 valence electrons. The predicted octanol–water partition coefficient (Wildman–Crippen LogP) is 4.69. The summed E-state index contributed by atoms with van der Waals surface area (Å²) in [5.41, 5.74) is 5.46. The molecule has 0 heterocycles. The fraction of sp³-hybridized carbons (Fsp3) is 0.476. The number of hydrogen-bond donors (Lipinski definition) is 0. The third-order valence-corrected chi connectivity index (χ3v) is 9.50. The summed E-state index contributed by atoms with van der Waals surface area (Å²) in [6, 6.07) is 9.37. The molecule has 0 bridgehead atoms. The first-order chi connectivity index (χ1) is 12.5. The Kier molecular flexibility index (Phi) is 9.01. The van der Waals surface area contributed by atoms with E-state index in [0.717, 1.165) is 35.7 Å². The Morgan fingerprint density at radius 1 is 1.12 bits per heavy atom. The normalized spacial score (nSPS) is 11.4. The number of esters is 1. The second-order valence-electron chi connectivity index (χ2n) is 6.08. The van der Waals surface area contributed by atoms with Crippen LogP contribution in [0.3, 0.4) is 0 Å². The SMILES string of the molecule is CCc1ccc(C#C[Si](CC)(CC)CC)cc1O/C(=C\OC)C(=O)OC. The quantitative estimate of drug-likeness (QED) is 0.218. The van der Waals surface area contributed by atoms with Crippen molar-refractivity contribution in [1.82, 2.24) is 0 Å². The smallest absolute Gasteiger partial charge is 0.377 e. The molecule has 0 aliphatic heterocycles. The van der Waals surface area contributed by atoms with E-state index in [-0.39, 0.29) is 5.76 Å². The summed E-state index contributed by atoms with van der Waals surface area (Å²) in [4.78, 5) is 11.8. The van der Waals surface area contributed by atoms with Crippen LogP contribution in [0.25, 0.3) is 0 Å². The van der Waals surface area contributed by atoms with E-state index in [1.165, 1.54) is 20.5 Å². The van der Waals surface area contributed by atoms with Gasteiger partial charge in [-0.15, -0.1) is 5.54 Å². The summed E-state index contributed by atoms with van der Waals surface area (Å²) in [6.07, 6.45) is 2.02. The standard InChI is InChI=1S/C21H30O4Si/c1-7-18-12-11-17(13-14-26(8-2,9-3)10-4)15-19(18)25-20(16-23-5)21(22)24-6/h11-12,15-16H,7-10H2,1-6H3/b20-16-. The Morgan fingerprint density at radius 2 is 1.77 bits per heavy atom. The lowest BCUT2D eigenvalue weighted by molar-refractivity contribution is -0.138. The number of ether oxygens (including phenoxy) is 3. The molecule has 0 saturated carbocycles. The summed E-state index contributed by atoms with van der Waals surface area (Å²) in [5.74, 6) is 3.37. The Hall–Kier alpha value is -2.19. The van der Waals surface area contributed by atoms with Crippen LogP contribution in [0.4, 0.5) is 0 Å². The minimum Gasteiger partial charge on any atom is -0.500 e. The topological polar surface area (TPSA) is 44.8 Å². The summed E-state index contributed by atoms with van der Waals surface area (Å²) in [5, 5.41) is 0. The average molecular weight is 375 g/mol. The first kappa shape index (κ1) is 21.8. The zero-order chi connectivity index (χ0) is 19.6. The number of carbonyl (C=O) groups is 1. The zero-order valence-corrected chi connectivity index (χ0v) is 17.8. The molecule has 0 aliphatic carbocycles. The highest BCUT2D eigenvalue weighted by Gasteiger charge is 2.24. The molecule has 0 saturated heterocycles. The van der Waals surface area contributed by atoms with Gasteiger partial charge in [0.1, 0.15) is 20.1 Å². The number of aryl methyl sites for hydroxylation is 1. The van der Waals surface area contributed by atoms with E-state index in [9.17, 15) is 4.79 Å². The second kappa shape index (κ2) is 10.7. The van der Waals surface area contributed by atoms with Gasteiger partial charge < -0.3 is 14.2 Å². The third-order valence-electron chi connectivity index (χ3n) is 4.78. The van der Waals surface area contributed by atoms with Gasteiger partial charge in [-0.25, -0.2) is 4.79 Å². The highest BCUT2D eigenvalue weighted by molar-refractivity contribution is 6.87. The molecule has 0 amide bonds. The Labute approximate surface area is 158 Å². The van der Waals surface area contributed by atoms with Crippen molar-refractivity contribution in [3.05, 3.63) is 41.3 Å². The molecule has 0 atom stereocenters. The van der Waals surface area contributed by atoms with Crippen LogP contribution in [0.1, 0.15) is 38.8 Å². The Morgan fingerprint density at radius 3 is 2.27 bits per heavy atom. The predicted molar refractivity (Wildman–Crippen MR) is 108 cm³/mol. The van der Waals surface area contributed by atoms with E-state index in [1.54, 1.807) is 0 Å². The molecule has 1 aromatic carbocycles. The van der Waals surface area contributed by atoms with Crippen molar-refractivity contribution in [2.45, 2.75) is 52.2 Å². The molecule has 0 fully saturated rings. The van der Waals surface area contributed by atoms with Crippen LogP contribution in [-0.2, 0) is 20.7 Å². The van der Waals surface area contributed by atoms with Crippen LogP contribution in [0.5, 0.6) is 5.75 Å². The van der Waals surface area contributed by atoms with Crippen molar-refractivity contribution in [2.75, 3.05) is 14.2 Å². The van der Waals surface area contributed by atoms with Crippen molar-refractivity contribution in [1.29, 1.82) is 0 Å². The van der Waals surface area contributed by atoms with E-state index in [4.69, 9.17) is 14.2 Å². The Balaban J connectivity index is 3.25. The lowest BCUT2D eigenvalue weighted by Gasteiger charge is -2.20. The van der Waals surface area contributed by atoms with Crippen molar-refractivity contribution >= 4 is 14.0 Å². The first-order valence-corrected chi connectivity index (χ1v) is 11.8. The summed E-state index contributed by atoms with van der Waals surface area (Å²) in [6.45, 7) is 8.75. The van der Waals surface area contributed by atoms with E-state index in [1.807, 2.05) is 25.1 Å². The molecule has 0 aromatic heterocycles. The number of methoxy groups -OCH3 is 2. The average Bonchev–Trinajstić information content (AvgIpc) is 2.68. The van der Waals surface area contributed by atoms with Gasteiger partial charge in [-0.05, 0) is 42.2 Å². The maximum Gasteiger partial charge on any atom is 0.377 e. The summed E-state index contributed by atoms with van der Waals surface area (Å²) in [7, 11) is 1.25. The van der Waals surface area contributed by atoms with Gasteiger partial charge in [0, 0.05) is 5.56 Å². The maximum absolute atomic E-state index is 11.8. The van der Waals surface area contributed by atoms with Gasteiger partial charge in [-0.1, -0.05) is 39.7 Å². The van der Waals surface area contributed by atoms with Crippen LogP contribution in [0.15, 0.2) is 30.2 Å². The van der Waals surface area contributed by atoms with Crippen molar-refractivity contribution < 1.29 is 19.0 Å². The third kappa shape index (κ3) is 5.67. The highest BCUT2D eigenvalue weighted by atomic mass is 28.3. The molecule has 0 radical (unpaired) electrons. The van der Waals surface area contributed by atoms with E-state index >= 15 is 0 Å². The molecule has 1 aromatic rings. The summed E-state index contributed by atoms with van der Waals surface area (Å²) >= 11 is 0. The van der Waals surface area contributed by atoms with Gasteiger partial charge in [0.05, 0.1) is 14.2 Å². The molecule has 0 unspecified atom stereocenters. The number of benzene rings is 1. The van der Waals surface area contributed by atoms with Gasteiger partial charge in [0.2, 0.25) is 5.76 Å². The van der Waals surface area contributed by atoms with Crippen LogP contribution >= 0.6 is 0 Å². The highest BCUT2D eigenvalue weighted by Crippen LogP contribution is 2.24. The lowest BCUT2D eigenvalue weighted by Crippen LogP contribution is -2.29.